The first-order chi connectivity index (χ1) is 10.8. The number of amides is 1. The fourth-order valence-corrected chi connectivity index (χ4v) is 3.46. The van der Waals surface area contributed by atoms with Crippen molar-refractivity contribution in [2.24, 2.45) is 5.41 Å². The van der Waals surface area contributed by atoms with Crippen LogP contribution >= 0.6 is 27.3 Å². The van der Waals surface area contributed by atoms with E-state index in [-0.39, 0.29) is 5.91 Å². The van der Waals surface area contributed by atoms with Crippen molar-refractivity contribution in [3.8, 4) is 10.6 Å². The minimum absolute atomic E-state index is 0.0119. The van der Waals surface area contributed by atoms with Crippen molar-refractivity contribution in [3.05, 3.63) is 46.9 Å². The summed E-state index contributed by atoms with van der Waals surface area (Å²) in [6.45, 7) is 5.70. The van der Waals surface area contributed by atoms with E-state index < -0.39 is 5.41 Å². The van der Waals surface area contributed by atoms with Crippen molar-refractivity contribution >= 4 is 49.1 Å². The summed E-state index contributed by atoms with van der Waals surface area (Å²) in [7, 11) is 0. The Morgan fingerprint density at radius 3 is 2.61 bits per heavy atom. The van der Waals surface area contributed by atoms with Crippen LogP contribution in [0.1, 0.15) is 20.8 Å². The molecule has 1 aromatic heterocycles. The van der Waals surface area contributed by atoms with Crippen molar-refractivity contribution < 1.29 is 4.79 Å². The second-order valence-corrected chi connectivity index (χ2v) is 8.33. The number of carbonyl (C=O) groups is 1. The summed E-state index contributed by atoms with van der Waals surface area (Å²) in [6, 6.07) is 13.9. The van der Waals surface area contributed by atoms with E-state index in [4.69, 9.17) is 4.98 Å². The molecule has 118 valence electrons. The lowest BCUT2D eigenvalue weighted by Crippen LogP contribution is -2.27. The first-order valence-electron chi connectivity index (χ1n) is 7.31. The number of anilines is 1. The highest BCUT2D eigenvalue weighted by molar-refractivity contribution is 9.10. The number of fused-ring (bicyclic) bond motifs is 1. The molecule has 0 bridgehead atoms. The number of nitrogens with one attached hydrogen (secondary N) is 1. The van der Waals surface area contributed by atoms with Crippen LogP contribution < -0.4 is 5.32 Å². The van der Waals surface area contributed by atoms with Crippen LogP contribution in [0.25, 0.3) is 20.8 Å². The highest BCUT2D eigenvalue weighted by Gasteiger charge is 2.23. The number of hydrogen-bond acceptors (Lipinski definition) is 3. The van der Waals surface area contributed by atoms with Crippen LogP contribution in [0.15, 0.2) is 46.9 Å². The quantitative estimate of drug-likeness (QED) is 0.610. The maximum absolute atomic E-state index is 12.3. The number of halogens is 1. The van der Waals surface area contributed by atoms with Crippen molar-refractivity contribution in [3.63, 3.8) is 0 Å². The monoisotopic (exact) mass is 388 g/mol. The van der Waals surface area contributed by atoms with Crippen molar-refractivity contribution in [1.29, 1.82) is 0 Å². The second kappa shape index (κ2) is 6.06. The summed E-state index contributed by atoms with van der Waals surface area (Å²) in [6.07, 6.45) is 0. The van der Waals surface area contributed by atoms with Gasteiger partial charge >= 0.3 is 0 Å². The zero-order valence-electron chi connectivity index (χ0n) is 13.2. The van der Waals surface area contributed by atoms with E-state index >= 15 is 0 Å². The number of thiazole rings is 1. The lowest BCUT2D eigenvalue weighted by atomic mass is 9.95. The number of benzene rings is 2. The Labute approximate surface area is 147 Å². The topological polar surface area (TPSA) is 42.0 Å². The van der Waals surface area contributed by atoms with E-state index in [1.165, 1.54) is 0 Å². The van der Waals surface area contributed by atoms with Crippen LogP contribution in [-0.2, 0) is 4.79 Å². The molecule has 0 fully saturated rings. The zero-order valence-corrected chi connectivity index (χ0v) is 15.6. The van der Waals surface area contributed by atoms with Crippen LogP contribution in [0, 0.1) is 5.41 Å². The fraction of sp³-hybridized carbons (Fsp3) is 0.222. The predicted molar refractivity (Wildman–Crippen MR) is 101 cm³/mol. The third kappa shape index (κ3) is 3.46. The van der Waals surface area contributed by atoms with Gasteiger partial charge in [0.2, 0.25) is 5.91 Å². The third-order valence-corrected chi connectivity index (χ3v) is 5.00. The summed E-state index contributed by atoms with van der Waals surface area (Å²) in [5.41, 5.74) is 2.24. The molecule has 3 aromatic rings. The molecule has 3 rings (SSSR count). The summed E-state index contributed by atoms with van der Waals surface area (Å²) in [5, 5.41) is 3.93. The Kier molecular flexibility index (Phi) is 4.25. The molecule has 0 unspecified atom stereocenters. The molecule has 5 heteroatoms. The maximum Gasteiger partial charge on any atom is 0.229 e. The molecule has 23 heavy (non-hydrogen) atoms. The molecule has 2 aromatic carbocycles. The molecular weight excluding hydrogens is 372 g/mol. The molecule has 1 N–H and O–H groups in total. The van der Waals surface area contributed by atoms with Crippen molar-refractivity contribution in [1.82, 2.24) is 4.98 Å². The van der Waals surface area contributed by atoms with E-state index in [2.05, 4.69) is 27.3 Å². The van der Waals surface area contributed by atoms with E-state index in [1.54, 1.807) is 11.3 Å². The van der Waals surface area contributed by atoms with Crippen LogP contribution in [0.4, 0.5) is 5.69 Å². The largest absolute Gasteiger partial charge is 0.325 e. The number of para-hydroxylation sites is 1. The Bertz CT molecular complexity index is 847. The summed E-state index contributed by atoms with van der Waals surface area (Å²) in [5.74, 6) is -0.0119. The molecule has 1 amide bonds. The number of nitrogens with zero attached hydrogens (tertiary/aromatic N) is 1. The molecule has 0 spiro atoms. The van der Waals surface area contributed by atoms with Gasteiger partial charge in [0.15, 0.2) is 0 Å². The van der Waals surface area contributed by atoms with Gasteiger partial charge in [-0.25, -0.2) is 4.98 Å². The van der Waals surface area contributed by atoms with Crippen LogP contribution in [0.5, 0.6) is 0 Å². The third-order valence-electron chi connectivity index (χ3n) is 3.44. The van der Waals surface area contributed by atoms with E-state index in [9.17, 15) is 4.79 Å². The predicted octanol–water partition coefficient (Wildman–Crippen LogP) is 5.71. The number of aromatic nitrogens is 1. The first kappa shape index (κ1) is 16.1. The first-order valence-corrected chi connectivity index (χ1v) is 8.92. The lowest BCUT2D eigenvalue weighted by molar-refractivity contribution is -0.123. The Morgan fingerprint density at radius 1 is 1.17 bits per heavy atom. The van der Waals surface area contributed by atoms with Crippen LogP contribution in [-0.4, -0.2) is 10.9 Å². The highest BCUT2D eigenvalue weighted by Crippen LogP contribution is 2.36. The van der Waals surface area contributed by atoms with Gasteiger partial charge in [-0.1, -0.05) is 48.8 Å². The minimum Gasteiger partial charge on any atom is -0.325 e. The molecule has 3 nitrogen and oxygen atoms in total. The maximum atomic E-state index is 12.3. The molecule has 1 heterocycles. The van der Waals surface area contributed by atoms with Gasteiger partial charge in [-0.05, 0) is 30.3 Å². The highest BCUT2D eigenvalue weighted by atomic mass is 79.9. The molecule has 0 saturated carbocycles. The minimum atomic E-state index is -0.446. The van der Waals surface area contributed by atoms with Crippen molar-refractivity contribution in [2.45, 2.75) is 20.8 Å². The number of rotatable bonds is 2. The normalized spacial score (nSPS) is 11.7. The molecule has 0 aliphatic carbocycles. The van der Waals surface area contributed by atoms with Gasteiger partial charge in [0.05, 0.1) is 15.9 Å². The standard InChI is InChI=1S/C18H17BrN2OS/c1-18(2,3)17(22)21-13-9-8-11(19)10-12(13)16-20-14-6-4-5-7-15(14)23-16/h4-10H,1-3H3,(H,21,22). The lowest BCUT2D eigenvalue weighted by Gasteiger charge is -2.19. The van der Waals surface area contributed by atoms with E-state index in [0.29, 0.717) is 0 Å². The second-order valence-electron chi connectivity index (χ2n) is 6.38. The summed E-state index contributed by atoms with van der Waals surface area (Å²) >= 11 is 5.13. The Morgan fingerprint density at radius 2 is 1.91 bits per heavy atom. The zero-order chi connectivity index (χ0) is 16.6. The van der Waals surface area contributed by atoms with Gasteiger partial charge < -0.3 is 5.32 Å². The van der Waals surface area contributed by atoms with Gasteiger partial charge in [0, 0.05) is 15.5 Å². The van der Waals surface area contributed by atoms with Crippen LogP contribution in [0.2, 0.25) is 0 Å². The van der Waals surface area contributed by atoms with Gasteiger partial charge in [-0.15, -0.1) is 11.3 Å². The van der Waals surface area contributed by atoms with Gasteiger partial charge in [0.1, 0.15) is 5.01 Å². The average Bonchev–Trinajstić information content (AvgIpc) is 2.91. The smallest absolute Gasteiger partial charge is 0.229 e. The fourth-order valence-electron chi connectivity index (χ4n) is 2.10. The number of hydrogen-bond donors (Lipinski definition) is 1. The molecule has 0 atom stereocenters. The van der Waals surface area contributed by atoms with E-state index in [1.807, 2.05) is 57.2 Å². The Hall–Kier alpha value is -1.72. The summed E-state index contributed by atoms with van der Waals surface area (Å²) in [4.78, 5) is 17.0. The molecule has 0 aliphatic heterocycles. The molecular formula is C18H17BrN2OS. The van der Waals surface area contributed by atoms with Crippen LogP contribution in [0.3, 0.4) is 0 Å². The Balaban J connectivity index is 2.07. The molecule has 0 aliphatic rings. The van der Waals surface area contributed by atoms with Gasteiger partial charge in [-0.3, -0.25) is 4.79 Å². The molecule has 0 radical (unpaired) electrons. The number of carbonyl (C=O) groups excluding carboxylic acids is 1. The average molecular weight is 389 g/mol. The van der Waals surface area contributed by atoms with E-state index in [0.717, 1.165) is 30.9 Å². The van der Waals surface area contributed by atoms with Gasteiger partial charge in [0.25, 0.3) is 0 Å². The summed E-state index contributed by atoms with van der Waals surface area (Å²) < 4.78 is 2.09. The van der Waals surface area contributed by atoms with Gasteiger partial charge in [-0.2, -0.15) is 0 Å². The van der Waals surface area contributed by atoms with Crippen molar-refractivity contribution in [2.75, 3.05) is 5.32 Å². The molecule has 0 saturated heterocycles. The SMILES string of the molecule is CC(C)(C)C(=O)Nc1ccc(Br)cc1-c1nc2ccccc2s1.